The summed E-state index contributed by atoms with van der Waals surface area (Å²) in [4.78, 5) is 53.1. The van der Waals surface area contributed by atoms with Crippen LogP contribution in [0.2, 0.25) is 0 Å². The number of carboxylic acid groups (broad SMARTS) is 1. The van der Waals surface area contributed by atoms with E-state index >= 15 is 0 Å². The number of benzene rings is 2. The maximum absolute atomic E-state index is 13.1. The molecule has 0 aliphatic heterocycles. The number of rotatable bonds is 9. The number of guanidine groups is 1. The Bertz CT molecular complexity index is 3010. The highest BCUT2D eigenvalue weighted by molar-refractivity contribution is 5.87. The third-order valence-electron chi connectivity index (χ3n) is 10.5. The van der Waals surface area contributed by atoms with Gasteiger partial charge in [0.25, 0.3) is 17.1 Å². The second kappa shape index (κ2) is 20.5. The summed E-state index contributed by atoms with van der Waals surface area (Å²) in [5.74, 6) is -0.464. The van der Waals surface area contributed by atoms with Crippen LogP contribution in [0.4, 0.5) is 17.3 Å². The lowest BCUT2D eigenvalue weighted by molar-refractivity contribution is -0.148. The predicted molar refractivity (Wildman–Crippen MR) is 253 cm³/mol. The van der Waals surface area contributed by atoms with Crippen molar-refractivity contribution in [3.05, 3.63) is 122 Å². The fraction of sp³-hybridized carbons (Fsp3) is 0.319. The second-order valence-electron chi connectivity index (χ2n) is 16.7. The van der Waals surface area contributed by atoms with Crippen LogP contribution >= 0.6 is 0 Å². The normalized spacial score (nSPS) is 11.6. The standard InChI is InChI=1S/C23H25N5O3.C18H19N5O2.C5H10O3.CH4/c1-13-6-7-16(25-22-26-21(31-27-22)23(3,4)12-29)10-17(13)18-9-15-11-24-14(2)8-19(15)28(5)20(18)30;1-10-4-5-13(21-18(19)22-25)8-14(10)15-7-12-9-20-11(2)6-16(12)23(3)17(15)24;1-5(2,3-6)4(7)8;/h6-11,29H,12H2,1-5H3,(H,25,27);4-9,25H,1-3H3,(H3,19,21,22);6H,3H2,1-2H3,(H,7,8);1H4. The van der Waals surface area contributed by atoms with E-state index in [-0.39, 0.29) is 43.7 Å². The number of hydroxylamine groups is 1. The minimum absolute atomic E-state index is 0. The van der Waals surface area contributed by atoms with Crippen LogP contribution in [0.15, 0.2) is 92.2 Å². The van der Waals surface area contributed by atoms with Gasteiger partial charge in [-0.25, -0.2) is 10.5 Å². The molecule has 0 unspecified atom stereocenters. The van der Waals surface area contributed by atoms with E-state index in [1.165, 1.54) is 13.8 Å². The highest BCUT2D eigenvalue weighted by Crippen LogP contribution is 2.30. The summed E-state index contributed by atoms with van der Waals surface area (Å²) in [7, 11) is 3.52. The number of aliphatic imine (C=N–C) groups is 1. The zero-order valence-corrected chi connectivity index (χ0v) is 37.5. The number of carboxylic acids is 1. The molecule has 0 aliphatic rings. The van der Waals surface area contributed by atoms with Crippen molar-refractivity contribution >= 4 is 51.1 Å². The van der Waals surface area contributed by atoms with Gasteiger partial charge in [0, 0.05) is 65.5 Å². The third-order valence-corrected chi connectivity index (χ3v) is 10.5. The zero-order chi connectivity index (χ0) is 47.3. The maximum atomic E-state index is 13.1. The van der Waals surface area contributed by atoms with E-state index in [0.29, 0.717) is 22.7 Å². The van der Waals surface area contributed by atoms with E-state index in [1.807, 2.05) is 90.1 Å². The van der Waals surface area contributed by atoms with Crippen molar-refractivity contribution in [1.29, 1.82) is 0 Å². The third kappa shape index (κ3) is 11.5. The SMILES string of the molecule is C.CC(C)(CO)C(=O)O.Cc1cc2c(cn1)cc(-c1cc(N=C(N)NO)ccc1C)c(=O)n2C.Cc1cc2c(cn1)cc(-c1cc(Nc3noc(C(C)(C)CO)n3)ccc1C)c(=O)n2C. The number of pyridine rings is 4. The summed E-state index contributed by atoms with van der Waals surface area (Å²) >= 11 is 0. The first-order valence-electron chi connectivity index (χ1n) is 20.1. The van der Waals surface area contributed by atoms with Crippen molar-refractivity contribution < 1.29 is 29.8 Å². The lowest BCUT2D eigenvalue weighted by Gasteiger charge is -2.14. The van der Waals surface area contributed by atoms with E-state index in [9.17, 15) is 19.5 Å². The van der Waals surface area contributed by atoms with Crippen LogP contribution in [0.5, 0.6) is 0 Å². The number of nitrogens with two attached hydrogens (primary N) is 1. The molecule has 0 saturated carbocycles. The predicted octanol–water partition coefficient (Wildman–Crippen LogP) is 6.48. The van der Waals surface area contributed by atoms with Gasteiger partial charge in [0.2, 0.25) is 11.9 Å². The number of fused-ring (bicyclic) bond motifs is 2. The van der Waals surface area contributed by atoms with Gasteiger partial charge in [-0.3, -0.25) is 29.6 Å². The number of aliphatic hydroxyl groups excluding tert-OH is 2. The molecule has 0 amide bonds. The molecule has 18 nitrogen and oxygen atoms in total. The minimum Gasteiger partial charge on any atom is -0.481 e. The molecule has 0 radical (unpaired) electrons. The summed E-state index contributed by atoms with van der Waals surface area (Å²) in [6.07, 6.45) is 3.55. The Balaban J connectivity index is 0.000000245. The van der Waals surface area contributed by atoms with E-state index in [0.717, 1.165) is 61.1 Å². The van der Waals surface area contributed by atoms with E-state index in [4.69, 9.17) is 25.7 Å². The average Bonchev–Trinajstić information content (AvgIpc) is 3.75. The lowest BCUT2D eigenvalue weighted by atomic mass is 9.95. The van der Waals surface area contributed by atoms with E-state index < -0.39 is 16.8 Å². The first-order chi connectivity index (χ1) is 30.1. The molecule has 0 aliphatic carbocycles. The van der Waals surface area contributed by atoms with Crippen molar-refractivity contribution in [2.75, 3.05) is 18.5 Å². The molecular formula is C47H58N10O8. The van der Waals surface area contributed by atoms with Crippen LogP contribution in [0, 0.1) is 33.1 Å². The van der Waals surface area contributed by atoms with Crippen LogP contribution in [0.3, 0.4) is 0 Å². The number of hydrogen-bond donors (Lipinski definition) is 7. The molecular weight excluding hydrogens is 833 g/mol. The first kappa shape index (κ1) is 50.4. The van der Waals surface area contributed by atoms with Crippen molar-refractivity contribution in [2.24, 2.45) is 30.2 Å². The van der Waals surface area contributed by atoms with Crippen LogP contribution in [0.25, 0.3) is 44.1 Å². The van der Waals surface area contributed by atoms with Gasteiger partial charge in [-0.2, -0.15) is 4.98 Å². The van der Waals surface area contributed by atoms with Gasteiger partial charge in [-0.05, 0) is 131 Å². The largest absolute Gasteiger partial charge is 0.481 e. The highest BCUT2D eigenvalue weighted by Gasteiger charge is 2.27. The van der Waals surface area contributed by atoms with Crippen LogP contribution < -0.4 is 27.6 Å². The molecule has 0 atom stereocenters. The van der Waals surface area contributed by atoms with Crippen molar-refractivity contribution in [3.8, 4) is 22.3 Å². The molecule has 7 rings (SSSR count). The van der Waals surface area contributed by atoms with Gasteiger partial charge in [0.1, 0.15) is 0 Å². The Labute approximate surface area is 376 Å². The maximum Gasteiger partial charge on any atom is 0.311 e. The van der Waals surface area contributed by atoms with E-state index in [2.05, 4.69) is 30.4 Å². The molecule has 0 spiro atoms. The molecule has 2 aromatic carbocycles. The molecule has 0 saturated heterocycles. The molecule has 0 fully saturated rings. The number of aryl methyl sites for hydroxylation is 6. The molecule has 0 bridgehead atoms. The number of carbonyl (C=O) groups is 1. The first-order valence-corrected chi connectivity index (χ1v) is 20.1. The molecule has 7 aromatic rings. The molecule has 5 heterocycles. The number of nitrogens with one attached hydrogen (secondary N) is 2. The second-order valence-corrected chi connectivity index (χ2v) is 16.7. The topological polar surface area (TPSA) is 269 Å². The van der Waals surface area contributed by atoms with Gasteiger partial charge >= 0.3 is 5.97 Å². The minimum atomic E-state index is -0.986. The fourth-order valence-corrected chi connectivity index (χ4v) is 6.25. The number of nitrogens with zero attached hydrogens (tertiary/aromatic N) is 7. The van der Waals surface area contributed by atoms with E-state index in [1.54, 1.807) is 53.2 Å². The van der Waals surface area contributed by atoms with Crippen molar-refractivity contribution in [1.82, 2.24) is 34.7 Å². The Kier molecular flexibility index (Phi) is 15.9. The Morgan fingerprint density at radius 3 is 1.74 bits per heavy atom. The van der Waals surface area contributed by atoms with Crippen LogP contribution in [-0.2, 0) is 24.3 Å². The summed E-state index contributed by atoms with van der Waals surface area (Å²) in [6, 6.07) is 18.6. The van der Waals surface area contributed by atoms with Gasteiger partial charge in [-0.1, -0.05) is 19.6 Å². The zero-order valence-electron chi connectivity index (χ0n) is 37.5. The smallest absolute Gasteiger partial charge is 0.311 e. The molecule has 5 aromatic heterocycles. The van der Waals surface area contributed by atoms with Gasteiger partial charge in [-0.15, -0.1) is 0 Å². The monoisotopic (exact) mass is 890 g/mol. The van der Waals surface area contributed by atoms with Gasteiger partial charge < -0.3 is 40.0 Å². The summed E-state index contributed by atoms with van der Waals surface area (Å²) in [5.41, 5.74) is 14.8. The van der Waals surface area contributed by atoms with Crippen LogP contribution in [-0.4, -0.2) is 74.9 Å². The number of hydrogen-bond acceptors (Lipinski definition) is 13. The molecule has 65 heavy (non-hydrogen) atoms. The highest BCUT2D eigenvalue weighted by atomic mass is 16.5. The Hall–Kier alpha value is -7.28. The quantitative estimate of drug-likeness (QED) is 0.0464. The number of aliphatic carboxylic acids is 1. The summed E-state index contributed by atoms with van der Waals surface area (Å²) in [5, 5.41) is 43.8. The van der Waals surface area contributed by atoms with Crippen molar-refractivity contribution in [2.45, 2.75) is 68.2 Å². The summed E-state index contributed by atoms with van der Waals surface area (Å²) in [6.45, 7) is 13.8. The molecule has 18 heteroatoms. The number of aliphatic hydroxyl groups is 2. The average molecular weight is 891 g/mol. The van der Waals surface area contributed by atoms with Crippen LogP contribution in [0.1, 0.15) is 63.5 Å². The number of aromatic nitrogens is 6. The molecule has 8 N–H and O–H groups in total. The number of anilines is 2. The van der Waals surface area contributed by atoms with Crippen molar-refractivity contribution in [3.63, 3.8) is 0 Å². The summed E-state index contributed by atoms with van der Waals surface area (Å²) < 4.78 is 8.56. The Morgan fingerprint density at radius 1 is 0.769 bits per heavy atom. The Morgan fingerprint density at radius 2 is 1.28 bits per heavy atom. The fourth-order valence-electron chi connectivity index (χ4n) is 6.25. The van der Waals surface area contributed by atoms with Gasteiger partial charge in [0.05, 0.1) is 40.8 Å². The van der Waals surface area contributed by atoms with Gasteiger partial charge in [0.15, 0.2) is 0 Å². The lowest BCUT2D eigenvalue weighted by Crippen LogP contribution is -2.27. The molecule has 344 valence electrons.